The maximum atomic E-state index is 12.0. The fourth-order valence-electron chi connectivity index (χ4n) is 2.09. The van der Waals surface area contributed by atoms with Crippen molar-refractivity contribution in [3.8, 4) is 0 Å². The molecule has 0 aromatic carbocycles. The first-order valence-electron chi connectivity index (χ1n) is 6.20. The van der Waals surface area contributed by atoms with Gasteiger partial charge in [-0.2, -0.15) is 11.8 Å². The predicted octanol–water partition coefficient (Wildman–Crippen LogP) is 1.12. The molecule has 1 fully saturated rings. The summed E-state index contributed by atoms with van der Waals surface area (Å²) >= 11 is 1.89. The second kappa shape index (κ2) is 6.09. The van der Waals surface area contributed by atoms with Crippen molar-refractivity contribution in [3.63, 3.8) is 0 Å². The molecule has 1 aromatic rings. The van der Waals surface area contributed by atoms with E-state index in [9.17, 15) is 9.59 Å². The van der Waals surface area contributed by atoms with Crippen LogP contribution < -0.4 is 5.56 Å². The first kappa shape index (κ1) is 13.2. The molecular weight excluding hydrogens is 248 g/mol. The van der Waals surface area contributed by atoms with Gasteiger partial charge in [0.1, 0.15) is 0 Å². The van der Waals surface area contributed by atoms with Crippen LogP contribution in [0.5, 0.6) is 0 Å². The van der Waals surface area contributed by atoms with Gasteiger partial charge in [-0.15, -0.1) is 0 Å². The lowest BCUT2D eigenvalue weighted by molar-refractivity contribution is -0.131. The number of pyridine rings is 1. The molecule has 1 aromatic heterocycles. The smallest absolute Gasteiger partial charge is 0.250 e. The lowest BCUT2D eigenvalue weighted by Crippen LogP contribution is -2.38. The Morgan fingerprint density at radius 1 is 1.33 bits per heavy atom. The van der Waals surface area contributed by atoms with Gasteiger partial charge < -0.3 is 9.47 Å². The highest BCUT2D eigenvalue weighted by molar-refractivity contribution is 7.99. The Morgan fingerprint density at radius 2 is 2.06 bits per heavy atom. The van der Waals surface area contributed by atoms with E-state index in [2.05, 4.69) is 0 Å². The molecule has 1 aliphatic heterocycles. The second-order valence-corrected chi connectivity index (χ2v) is 5.62. The largest absolute Gasteiger partial charge is 0.341 e. The van der Waals surface area contributed by atoms with Gasteiger partial charge in [-0.1, -0.05) is 6.07 Å². The molecule has 1 aliphatic rings. The quantitative estimate of drug-likeness (QED) is 0.823. The van der Waals surface area contributed by atoms with Gasteiger partial charge in [0.2, 0.25) is 5.91 Å². The molecule has 0 saturated carbocycles. The topological polar surface area (TPSA) is 42.3 Å². The minimum Gasteiger partial charge on any atom is -0.341 e. The number of carbonyl (C=O) groups is 1. The zero-order valence-corrected chi connectivity index (χ0v) is 11.4. The Bertz CT molecular complexity index is 478. The number of hydrogen-bond donors (Lipinski definition) is 0. The number of aryl methyl sites for hydroxylation is 1. The maximum absolute atomic E-state index is 12.0. The summed E-state index contributed by atoms with van der Waals surface area (Å²) < 4.78 is 1.66. The van der Waals surface area contributed by atoms with Crippen LogP contribution in [0.4, 0.5) is 0 Å². The van der Waals surface area contributed by atoms with E-state index in [1.165, 1.54) is 6.07 Å². The molecule has 18 heavy (non-hydrogen) atoms. The third-order valence-electron chi connectivity index (χ3n) is 3.18. The molecule has 0 atom stereocenters. The van der Waals surface area contributed by atoms with Gasteiger partial charge in [0.15, 0.2) is 0 Å². The van der Waals surface area contributed by atoms with Crippen molar-refractivity contribution in [3.05, 3.63) is 34.2 Å². The zero-order valence-electron chi connectivity index (χ0n) is 10.6. The van der Waals surface area contributed by atoms with Crippen molar-refractivity contribution in [2.45, 2.75) is 19.9 Å². The molecule has 2 rings (SSSR count). The average molecular weight is 266 g/mol. The van der Waals surface area contributed by atoms with Crippen molar-refractivity contribution in [2.75, 3.05) is 24.6 Å². The van der Waals surface area contributed by atoms with Crippen LogP contribution in [0.25, 0.3) is 0 Å². The molecule has 0 N–H and O–H groups in total. The van der Waals surface area contributed by atoms with Crippen molar-refractivity contribution >= 4 is 17.7 Å². The minimum absolute atomic E-state index is 0.0306. The molecule has 0 spiro atoms. The number of rotatable bonds is 3. The summed E-state index contributed by atoms with van der Waals surface area (Å²) in [6.07, 6.45) is 0.412. The Labute approximate surface area is 111 Å². The Morgan fingerprint density at radius 3 is 2.72 bits per heavy atom. The van der Waals surface area contributed by atoms with Crippen molar-refractivity contribution in [1.29, 1.82) is 0 Å². The van der Waals surface area contributed by atoms with Gasteiger partial charge in [0.05, 0.1) is 0 Å². The summed E-state index contributed by atoms with van der Waals surface area (Å²) in [6, 6.07) is 5.18. The third kappa shape index (κ3) is 3.16. The summed E-state index contributed by atoms with van der Waals surface area (Å²) in [7, 11) is 0. The van der Waals surface area contributed by atoms with Crippen LogP contribution in [0.1, 0.15) is 12.1 Å². The number of aromatic nitrogens is 1. The number of hydrogen-bond acceptors (Lipinski definition) is 3. The molecule has 0 unspecified atom stereocenters. The number of amides is 1. The van der Waals surface area contributed by atoms with Crippen molar-refractivity contribution in [2.24, 2.45) is 0 Å². The van der Waals surface area contributed by atoms with Crippen molar-refractivity contribution in [1.82, 2.24) is 9.47 Å². The van der Waals surface area contributed by atoms with Crippen LogP contribution >= 0.6 is 11.8 Å². The maximum Gasteiger partial charge on any atom is 0.250 e. The van der Waals surface area contributed by atoms with E-state index in [1.807, 2.05) is 29.7 Å². The highest BCUT2D eigenvalue weighted by atomic mass is 32.2. The summed E-state index contributed by atoms with van der Waals surface area (Å²) in [4.78, 5) is 25.6. The molecule has 0 aliphatic carbocycles. The lowest BCUT2D eigenvalue weighted by Gasteiger charge is -2.26. The molecule has 4 nitrogen and oxygen atoms in total. The van der Waals surface area contributed by atoms with Gasteiger partial charge in [0.25, 0.3) is 5.56 Å². The van der Waals surface area contributed by atoms with E-state index < -0.39 is 0 Å². The zero-order chi connectivity index (χ0) is 13.0. The first-order chi connectivity index (χ1) is 8.68. The molecule has 0 radical (unpaired) electrons. The molecule has 98 valence electrons. The van der Waals surface area contributed by atoms with Crippen LogP contribution in [0, 0.1) is 6.92 Å². The van der Waals surface area contributed by atoms with Crippen molar-refractivity contribution < 1.29 is 4.79 Å². The van der Waals surface area contributed by atoms with Crippen LogP contribution in [0.3, 0.4) is 0 Å². The molecular formula is C13H18N2O2S. The SMILES string of the molecule is Cc1cccc(=O)n1CCC(=O)N1CCSCC1. The Hall–Kier alpha value is -1.23. The first-order valence-corrected chi connectivity index (χ1v) is 7.36. The number of thioether (sulfide) groups is 1. The van der Waals surface area contributed by atoms with E-state index in [0.29, 0.717) is 13.0 Å². The minimum atomic E-state index is -0.0306. The van der Waals surface area contributed by atoms with Crippen LogP contribution in [0.2, 0.25) is 0 Å². The van der Waals surface area contributed by atoms with Crippen LogP contribution in [-0.2, 0) is 11.3 Å². The lowest BCUT2D eigenvalue weighted by atomic mass is 10.3. The summed E-state index contributed by atoms with van der Waals surface area (Å²) in [6.45, 7) is 4.05. The fourth-order valence-corrected chi connectivity index (χ4v) is 2.99. The highest BCUT2D eigenvalue weighted by Crippen LogP contribution is 2.10. The second-order valence-electron chi connectivity index (χ2n) is 4.40. The molecule has 0 bridgehead atoms. The van der Waals surface area contributed by atoms with Gasteiger partial charge in [-0.25, -0.2) is 0 Å². The fraction of sp³-hybridized carbons (Fsp3) is 0.538. The van der Waals surface area contributed by atoms with Gasteiger partial charge in [0, 0.05) is 49.3 Å². The molecule has 5 heteroatoms. The average Bonchev–Trinajstić information content (AvgIpc) is 2.39. The number of nitrogens with zero attached hydrogens (tertiary/aromatic N) is 2. The normalized spacial score (nSPS) is 15.7. The van der Waals surface area contributed by atoms with Gasteiger partial charge in [-0.3, -0.25) is 9.59 Å². The Kier molecular flexibility index (Phi) is 4.47. The molecule has 1 amide bonds. The summed E-state index contributed by atoms with van der Waals surface area (Å²) in [5.74, 6) is 2.21. The summed E-state index contributed by atoms with van der Waals surface area (Å²) in [5, 5.41) is 0. The van der Waals surface area contributed by atoms with E-state index in [1.54, 1.807) is 10.6 Å². The van der Waals surface area contributed by atoms with E-state index in [4.69, 9.17) is 0 Å². The molecule has 1 saturated heterocycles. The van der Waals surface area contributed by atoms with E-state index in [0.717, 1.165) is 30.3 Å². The predicted molar refractivity (Wildman–Crippen MR) is 74.0 cm³/mol. The van der Waals surface area contributed by atoms with Gasteiger partial charge >= 0.3 is 0 Å². The Balaban J connectivity index is 1.95. The number of carbonyl (C=O) groups excluding carboxylic acids is 1. The summed E-state index contributed by atoms with van der Waals surface area (Å²) in [5.41, 5.74) is 0.876. The van der Waals surface area contributed by atoms with Crippen LogP contribution in [0.15, 0.2) is 23.0 Å². The molecule has 2 heterocycles. The highest BCUT2D eigenvalue weighted by Gasteiger charge is 2.16. The third-order valence-corrected chi connectivity index (χ3v) is 4.12. The van der Waals surface area contributed by atoms with Crippen LogP contribution in [-0.4, -0.2) is 40.0 Å². The van der Waals surface area contributed by atoms with Gasteiger partial charge in [-0.05, 0) is 13.0 Å². The standard InChI is InChI=1S/C13H18N2O2S/c1-11-3-2-4-13(17)15(11)6-5-12(16)14-7-9-18-10-8-14/h2-4H,5-10H2,1H3. The monoisotopic (exact) mass is 266 g/mol. The van der Waals surface area contributed by atoms with E-state index >= 15 is 0 Å². The van der Waals surface area contributed by atoms with E-state index in [-0.39, 0.29) is 11.5 Å².